The number of methoxy groups -OCH3 is 1. The minimum Gasteiger partial charge on any atom is -0.494 e. The zero-order valence-corrected chi connectivity index (χ0v) is 18.0. The molecule has 7 heteroatoms. The van der Waals surface area contributed by atoms with Gasteiger partial charge in [0.2, 0.25) is 5.91 Å². The molecule has 1 aromatic heterocycles. The number of carbonyl (C=O) groups excluding carboxylic acids is 1. The number of carbonyl (C=O) groups is 1. The van der Waals surface area contributed by atoms with Crippen LogP contribution in [0.1, 0.15) is 26.2 Å². The second-order valence-corrected chi connectivity index (χ2v) is 7.42. The van der Waals surface area contributed by atoms with Gasteiger partial charge < -0.3 is 19.5 Å². The van der Waals surface area contributed by atoms with E-state index in [9.17, 15) is 4.79 Å². The van der Waals surface area contributed by atoms with Crippen molar-refractivity contribution in [1.29, 1.82) is 0 Å². The Morgan fingerprint density at radius 3 is 2.53 bits per heavy atom. The lowest BCUT2D eigenvalue weighted by Crippen LogP contribution is -2.12. The van der Waals surface area contributed by atoms with Gasteiger partial charge in [0.25, 0.3) is 0 Å². The van der Waals surface area contributed by atoms with Crippen LogP contribution in [0.3, 0.4) is 0 Å². The van der Waals surface area contributed by atoms with Crippen molar-refractivity contribution in [2.24, 2.45) is 0 Å². The van der Waals surface area contributed by atoms with E-state index in [1.54, 1.807) is 7.11 Å². The maximum atomic E-state index is 12.2. The van der Waals surface area contributed by atoms with E-state index in [0.717, 1.165) is 23.4 Å². The lowest BCUT2D eigenvalue weighted by atomic mass is 10.2. The van der Waals surface area contributed by atoms with Crippen LogP contribution < -0.4 is 19.5 Å². The molecule has 0 spiro atoms. The highest BCUT2D eigenvalue weighted by Gasteiger charge is 2.09. The molecule has 0 aliphatic carbocycles. The summed E-state index contributed by atoms with van der Waals surface area (Å²) < 4.78 is 16.5. The molecular formula is C23H26N2O4S. The number of rotatable bonds is 11. The summed E-state index contributed by atoms with van der Waals surface area (Å²) in [5.41, 5.74) is 1.82. The van der Waals surface area contributed by atoms with Gasteiger partial charge in [-0.3, -0.25) is 4.79 Å². The summed E-state index contributed by atoms with van der Waals surface area (Å²) in [6.07, 6.45) is 1.93. The second kappa shape index (κ2) is 11.2. The first-order chi connectivity index (χ1) is 14.7. The van der Waals surface area contributed by atoms with E-state index in [2.05, 4.69) is 17.2 Å². The highest BCUT2D eigenvalue weighted by molar-refractivity contribution is 7.14. The third-order valence-corrected chi connectivity index (χ3v) is 5.01. The molecule has 0 radical (unpaired) electrons. The van der Waals surface area contributed by atoms with Gasteiger partial charge in [0.15, 0.2) is 16.6 Å². The van der Waals surface area contributed by atoms with Crippen LogP contribution in [0, 0.1) is 0 Å². The summed E-state index contributed by atoms with van der Waals surface area (Å²) in [5.74, 6) is 2.13. The van der Waals surface area contributed by atoms with Crippen LogP contribution in [-0.2, 0) is 4.79 Å². The topological polar surface area (TPSA) is 69.7 Å². The van der Waals surface area contributed by atoms with E-state index in [-0.39, 0.29) is 5.91 Å². The van der Waals surface area contributed by atoms with Crippen molar-refractivity contribution >= 4 is 22.4 Å². The van der Waals surface area contributed by atoms with Gasteiger partial charge >= 0.3 is 0 Å². The number of ether oxygens (including phenoxy) is 3. The van der Waals surface area contributed by atoms with E-state index >= 15 is 0 Å². The van der Waals surface area contributed by atoms with Gasteiger partial charge in [0, 0.05) is 17.4 Å². The third kappa shape index (κ3) is 6.22. The number of amides is 1. The molecule has 1 N–H and O–H groups in total. The van der Waals surface area contributed by atoms with E-state index in [1.807, 2.05) is 53.9 Å². The predicted molar refractivity (Wildman–Crippen MR) is 120 cm³/mol. The molecule has 6 nitrogen and oxygen atoms in total. The van der Waals surface area contributed by atoms with E-state index in [4.69, 9.17) is 14.2 Å². The van der Waals surface area contributed by atoms with Crippen LogP contribution in [0.4, 0.5) is 5.13 Å². The van der Waals surface area contributed by atoms with Crippen molar-refractivity contribution in [3.05, 3.63) is 53.9 Å². The molecule has 0 aliphatic heterocycles. The lowest BCUT2D eigenvalue weighted by molar-refractivity contribution is -0.116. The molecule has 0 saturated carbocycles. The molecule has 0 saturated heterocycles. The van der Waals surface area contributed by atoms with Crippen molar-refractivity contribution in [3.8, 4) is 28.5 Å². The predicted octanol–water partition coefficient (Wildman–Crippen LogP) is 5.41. The molecular weight excluding hydrogens is 400 g/mol. The van der Waals surface area contributed by atoms with Gasteiger partial charge in [-0.05, 0) is 49.2 Å². The molecule has 158 valence electrons. The molecule has 0 atom stereocenters. The zero-order chi connectivity index (χ0) is 21.2. The Kier molecular flexibility index (Phi) is 8.09. The molecule has 30 heavy (non-hydrogen) atoms. The fourth-order valence-corrected chi connectivity index (χ4v) is 3.48. The first-order valence-corrected chi connectivity index (χ1v) is 10.8. The van der Waals surface area contributed by atoms with Gasteiger partial charge in [-0.25, -0.2) is 4.98 Å². The van der Waals surface area contributed by atoms with Crippen LogP contribution in [0.25, 0.3) is 11.3 Å². The Balaban J connectivity index is 1.44. The van der Waals surface area contributed by atoms with E-state index in [1.165, 1.54) is 11.3 Å². The normalized spacial score (nSPS) is 10.5. The average molecular weight is 427 g/mol. The highest BCUT2D eigenvalue weighted by Crippen LogP contribution is 2.27. The number of anilines is 1. The van der Waals surface area contributed by atoms with Crippen molar-refractivity contribution in [3.63, 3.8) is 0 Å². The monoisotopic (exact) mass is 426 g/mol. The summed E-state index contributed by atoms with van der Waals surface area (Å²) in [7, 11) is 1.60. The first-order valence-electron chi connectivity index (χ1n) is 9.94. The van der Waals surface area contributed by atoms with Crippen molar-refractivity contribution in [2.45, 2.75) is 26.2 Å². The van der Waals surface area contributed by atoms with Crippen LogP contribution >= 0.6 is 11.3 Å². The van der Waals surface area contributed by atoms with Gasteiger partial charge in [0.05, 0.1) is 26.0 Å². The van der Waals surface area contributed by atoms with Gasteiger partial charge in [0.1, 0.15) is 5.75 Å². The van der Waals surface area contributed by atoms with Crippen LogP contribution in [0.5, 0.6) is 17.2 Å². The molecule has 2 aromatic carbocycles. The number of hydrogen-bond donors (Lipinski definition) is 1. The summed E-state index contributed by atoms with van der Waals surface area (Å²) in [4.78, 5) is 16.7. The molecule has 0 unspecified atom stereocenters. The maximum absolute atomic E-state index is 12.2. The molecule has 3 rings (SSSR count). The van der Waals surface area contributed by atoms with Gasteiger partial charge in [-0.2, -0.15) is 0 Å². The maximum Gasteiger partial charge on any atom is 0.226 e. The third-order valence-electron chi connectivity index (χ3n) is 4.25. The van der Waals surface area contributed by atoms with Crippen molar-refractivity contribution in [1.82, 2.24) is 4.98 Å². The molecule has 1 amide bonds. The average Bonchev–Trinajstić information content (AvgIpc) is 3.24. The Hall–Kier alpha value is -3.06. The van der Waals surface area contributed by atoms with Crippen LogP contribution in [-0.4, -0.2) is 31.2 Å². The molecule has 0 bridgehead atoms. The molecule has 0 aliphatic rings. The lowest BCUT2D eigenvalue weighted by Gasteiger charge is -2.09. The number of para-hydroxylation sites is 2. The van der Waals surface area contributed by atoms with E-state index < -0.39 is 0 Å². The first kappa shape index (κ1) is 21.6. The summed E-state index contributed by atoms with van der Waals surface area (Å²) >= 11 is 1.41. The Bertz CT molecular complexity index is 940. The van der Waals surface area contributed by atoms with Gasteiger partial charge in [-0.1, -0.05) is 19.1 Å². The van der Waals surface area contributed by atoms with Crippen molar-refractivity contribution in [2.75, 3.05) is 25.6 Å². The number of thiazole rings is 1. The van der Waals surface area contributed by atoms with Crippen molar-refractivity contribution < 1.29 is 19.0 Å². The minimum atomic E-state index is -0.0807. The molecule has 1 heterocycles. The standard InChI is InChI=1S/C23H26N2O4S/c1-3-14-28-18-12-10-17(11-13-18)19-16-30-23(24-19)25-22(26)9-6-15-29-21-8-5-4-7-20(21)27-2/h4-5,7-8,10-13,16H,3,6,9,14-15H2,1-2H3,(H,24,25,26). The fraction of sp³-hybridized carbons (Fsp3) is 0.304. The number of hydrogen-bond acceptors (Lipinski definition) is 6. The number of nitrogens with one attached hydrogen (secondary N) is 1. The van der Waals surface area contributed by atoms with E-state index in [0.29, 0.717) is 42.7 Å². The van der Waals surface area contributed by atoms with Gasteiger partial charge in [-0.15, -0.1) is 11.3 Å². The largest absolute Gasteiger partial charge is 0.494 e. The number of aromatic nitrogens is 1. The zero-order valence-electron chi connectivity index (χ0n) is 17.2. The highest BCUT2D eigenvalue weighted by atomic mass is 32.1. The minimum absolute atomic E-state index is 0.0807. The Morgan fingerprint density at radius 1 is 1.03 bits per heavy atom. The number of benzene rings is 2. The second-order valence-electron chi connectivity index (χ2n) is 6.56. The van der Waals surface area contributed by atoms with Crippen LogP contribution in [0.2, 0.25) is 0 Å². The fourth-order valence-electron chi connectivity index (χ4n) is 2.74. The summed E-state index contributed by atoms with van der Waals surface area (Å²) in [6, 6.07) is 15.3. The number of nitrogens with zero attached hydrogens (tertiary/aromatic N) is 1. The SMILES string of the molecule is CCCOc1ccc(-c2csc(NC(=O)CCCOc3ccccc3OC)n2)cc1. The molecule has 3 aromatic rings. The summed E-state index contributed by atoms with van der Waals surface area (Å²) in [6.45, 7) is 3.21. The Labute approximate surface area is 180 Å². The Morgan fingerprint density at radius 2 is 1.80 bits per heavy atom. The smallest absolute Gasteiger partial charge is 0.226 e. The quantitative estimate of drug-likeness (QED) is 0.416. The summed E-state index contributed by atoms with van der Waals surface area (Å²) in [5, 5.41) is 5.38. The van der Waals surface area contributed by atoms with Crippen LogP contribution in [0.15, 0.2) is 53.9 Å². The molecule has 0 fully saturated rings.